The van der Waals surface area contributed by atoms with Crippen molar-refractivity contribution in [3.05, 3.63) is 64.2 Å². The molecule has 0 amide bonds. The summed E-state index contributed by atoms with van der Waals surface area (Å²) in [7, 11) is 0. The van der Waals surface area contributed by atoms with Crippen molar-refractivity contribution < 1.29 is 0 Å². The molecule has 1 heterocycles. The summed E-state index contributed by atoms with van der Waals surface area (Å²) >= 11 is 0. The van der Waals surface area contributed by atoms with Gasteiger partial charge >= 0.3 is 0 Å². The van der Waals surface area contributed by atoms with E-state index in [0.29, 0.717) is 0 Å². The van der Waals surface area contributed by atoms with E-state index in [0.717, 1.165) is 22.0 Å². The van der Waals surface area contributed by atoms with Crippen molar-refractivity contribution in [1.29, 1.82) is 0 Å². The van der Waals surface area contributed by atoms with Gasteiger partial charge in [-0.1, -0.05) is 41.5 Å². The van der Waals surface area contributed by atoms with Gasteiger partial charge in [0.2, 0.25) is 0 Å². The highest BCUT2D eigenvalue weighted by atomic mass is 15.1. The van der Waals surface area contributed by atoms with Crippen molar-refractivity contribution in [1.82, 2.24) is 4.98 Å². The van der Waals surface area contributed by atoms with Crippen molar-refractivity contribution in [2.24, 2.45) is 5.11 Å². The second kappa shape index (κ2) is 4.59. The van der Waals surface area contributed by atoms with Gasteiger partial charge in [0.1, 0.15) is 0 Å². The lowest BCUT2D eigenvalue weighted by Gasteiger charge is -2.09. The summed E-state index contributed by atoms with van der Waals surface area (Å²) in [5.74, 6) is 0. The number of aromatic nitrogens is 1. The quantitative estimate of drug-likeness (QED) is 0.285. The van der Waals surface area contributed by atoms with Gasteiger partial charge in [0.25, 0.3) is 0 Å². The number of benzene rings is 2. The van der Waals surface area contributed by atoms with E-state index in [1.807, 2.05) is 30.3 Å². The molecule has 0 aliphatic rings. The molecule has 0 atom stereocenters. The first-order valence-corrected chi connectivity index (χ1v) is 6.09. The number of rotatable bonds is 2. The second-order valence-electron chi connectivity index (χ2n) is 4.46. The van der Waals surface area contributed by atoms with Crippen LogP contribution in [-0.2, 0) is 6.54 Å². The van der Waals surface area contributed by atoms with Gasteiger partial charge in [-0.05, 0) is 29.5 Å². The monoisotopic (exact) mass is 248 g/mol. The lowest BCUT2D eigenvalue weighted by Crippen LogP contribution is -1.93. The van der Waals surface area contributed by atoms with Crippen LogP contribution in [0.4, 0.5) is 0 Å². The smallest absolute Gasteiger partial charge is 0.0714 e. The number of hydrogen-bond acceptors (Lipinski definition) is 2. The molecule has 19 heavy (non-hydrogen) atoms. The molecule has 1 aromatic heterocycles. The number of hydrogen-bond donors (Lipinski definition) is 0. The molecule has 0 N–H and O–H groups in total. The Morgan fingerprint density at radius 1 is 1.11 bits per heavy atom. The van der Waals surface area contributed by atoms with Crippen LogP contribution in [0.1, 0.15) is 11.3 Å². The SMILES string of the molecule is Cc1cccc2nc(CN=[N+]=[N-])c3ccccc3c12. The third-order valence-corrected chi connectivity index (χ3v) is 3.30. The van der Waals surface area contributed by atoms with Crippen LogP contribution >= 0.6 is 0 Å². The van der Waals surface area contributed by atoms with E-state index in [-0.39, 0.29) is 6.54 Å². The molecule has 4 nitrogen and oxygen atoms in total. The fraction of sp³-hybridized carbons (Fsp3) is 0.133. The Balaban J connectivity index is 2.46. The maximum Gasteiger partial charge on any atom is 0.0714 e. The summed E-state index contributed by atoms with van der Waals surface area (Å²) in [5, 5.41) is 7.02. The first-order chi connectivity index (χ1) is 9.31. The first kappa shape index (κ1) is 11.5. The second-order valence-corrected chi connectivity index (χ2v) is 4.46. The molecule has 0 fully saturated rings. The average molecular weight is 248 g/mol. The Bertz CT molecular complexity index is 817. The van der Waals surface area contributed by atoms with E-state index in [4.69, 9.17) is 5.53 Å². The number of fused-ring (bicyclic) bond motifs is 3. The predicted octanol–water partition coefficient (Wildman–Crippen LogP) is 4.51. The van der Waals surface area contributed by atoms with Crippen molar-refractivity contribution in [2.45, 2.75) is 13.5 Å². The predicted molar refractivity (Wildman–Crippen MR) is 76.8 cm³/mol. The Morgan fingerprint density at radius 3 is 2.68 bits per heavy atom. The molecule has 3 rings (SSSR count). The number of nitrogens with zero attached hydrogens (tertiary/aromatic N) is 4. The molecule has 0 saturated heterocycles. The normalized spacial score (nSPS) is 10.6. The van der Waals surface area contributed by atoms with Crippen LogP contribution in [0.5, 0.6) is 0 Å². The van der Waals surface area contributed by atoms with Crippen LogP contribution in [0.2, 0.25) is 0 Å². The minimum atomic E-state index is 0.279. The molecule has 0 saturated carbocycles. The summed E-state index contributed by atoms with van der Waals surface area (Å²) in [6, 6.07) is 14.2. The fourth-order valence-electron chi connectivity index (χ4n) is 2.47. The Labute approximate surface area is 110 Å². The van der Waals surface area contributed by atoms with Gasteiger partial charge < -0.3 is 0 Å². The Hall–Kier alpha value is -2.58. The minimum Gasteiger partial charge on any atom is -0.252 e. The highest BCUT2D eigenvalue weighted by Crippen LogP contribution is 2.28. The first-order valence-electron chi connectivity index (χ1n) is 6.09. The standard InChI is InChI=1S/C15H12N4/c1-10-5-4-8-13-15(10)12-7-3-2-6-11(12)14(18-13)9-17-19-16/h2-8H,9H2,1H3. The molecule has 0 radical (unpaired) electrons. The van der Waals surface area contributed by atoms with E-state index in [9.17, 15) is 0 Å². The number of aryl methyl sites for hydroxylation is 1. The summed E-state index contributed by atoms with van der Waals surface area (Å²) < 4.78 is 0. The molecule has 92 valence electrons. The summed E-state index contributed by atoms with van der Waals surface area (Å²) in [6.45, 7) is 2.37. The van der Waals surface area contributed by atoms with Crippen LogP contribution in [0.15, 0.2) is 47.6 Å². The zero-order valence-corrected chi connectivity index (χ0v) is 10.5. The lowest BCUT2D eigenvalue weighted by molar-refractivity contribution is 1.01. The van der Waals surface area contributed by atoms with Crippen LogP contribution < -0.4 is 0 Å². The van der Waals surface area contributed by atoms with E-state index in [2.05, 4.69) is 34.1 Å². The molecule has 0 unspecified atom stereocenters. The lowest BCUT2D eigenvalue weighted by atomic mass is 10.0. The topological polar surface area (TPSA) is 61.7 Å². The van der Waals surface area contributed by atoms with Crippen molar-refractivity contribution in [3.63, 3.8) is 0 Å². The van der Waals surface area contributed by atoms with E-state index in [1.54, 1.807) is 0 Å². The van der Waals surface area contributed by atoms with Crippen LogP contribution in [-0.4, -0.2) is 4.98 Å². The van der Waals surface area contributed by atoms with E-state index < -0.39 is 0 Å². The zero-order valence-electron chi connectivity index (χ0n) is 10.5. The van der Waals surface area contributed by atoms with Crippen LogP contribution in [0, 0.1) is 6.92 Å². The molecule has 3 aromatic rings. The van der Waals surface area contributed by atoms with Crippen LogP contribution in [0.25, 0.3) is 32.1 Å². The highest BCUT2D eigenvalue weighted by Gasteiger charge is 2.08. The Kier molecular flexibility index (Phi) is 2.78. The van der Waals surface area contributed by atoms with Crippen molar-refractivity contribution >= 4 is 21.7 Å². The largest absolute Gasteiger partial charge is 0.252 e. The number of azide groups is 1. The van der Waals surface area contributed by atoms with Crippen molar-refractivity contribution in [2.75, 3.05) is 0 Å². The summed E-state index contributed by atoms with van der Waals surface area (Å²) in [4.78, 5) is 7.46. The highest BCUT2D eigenvalue weighted by molar-refractivity contribution is 6.08. The van der Waals surface area contributed by atoms with Gasteiger partial charge in [-0.25, -0.2) is 0 Å². The Morgan fingerprint density at radius 2 is 1.89 bits per heavy atom. The van der Waals surface area contributed by atoms with Crippen LogP contribution in [0.3, 0.4) is 0 Å². The summed E-state index contributed by atoms with van der Waals surface area (Å²) in [5.41, 5.74) is 11.5. The third kappa shape index (κ3) is 1.88. The molecule has 0 aliphatic carbocycles. The molecule has 4 heteroatoms. The van der Waals surface area contributed by atoms with E-state index >= 15 is 0 Å². The van der Waals surface area contributed by atoms with Gasteiger partial charge in [-0.15, -0.1) is 0 Å². The maximum absolute atomic E-state index is 8.49. The molecular weight excluding hydrogens is 236 g/mol. The maximum atomic E-state index is 8.49. The van der Waals surface area contributed by atoms with Crippen molar-refractivity contribution in [3.8, 4) is 0 Å². The third-order valence-electron chi connectivity index (χ3n) is 3.30. The molecule has 0 spiro atoms. The molecular formula is C15H12N4. The van der Waals surface area contributed by atoms with Gasteiger partial charge in [-0.3, -0.25) is 4.98 Å². The number of pyridine rings is 1. The van der Waals surface area contributed by atoms with E-state index in [1.165, 1.54) is 10.9 Å². The average Bonchev–Trinajstić information content (AvgIpc) is 2.44. The zero-order chi connectivity index (χ0) is 13.2. The molecule has 2 aromatic carbocycles. The van der Waals surface area contributed by atoms with Gasteiger partial charge in [0.15, 0.2) is 0 Å². The summed E-state index contributed by atoms with van der Waals surface area (Å²) in [6.07, 6.45) is 0. The van der Waals surface area contributed by atoms with Gasteiger partial charge in [-0.2, -0.15) is 0 Å². The van der Waals surface area contributed by atoms with Gasteiger partial charge in [0.05, 0.1) is 17.8 Å². The molecule has 0 aliphatic heterocycles. The van der Waals surface area contributed by atoms with Gasteiger partial charge in [0, 0.05) is 15.7 Å². The fourth-order valence-corrected chi connectivity index (χ4v) is 2.47. The minimum absolute atomic E-state index is 0.279. The molecule has 0 bridgehead atoms.